The molecule has 0 aliphatic carbocycles. The van der Waals surface area contributed by atoms with Gasteiger partial charge in [-0.1, -0.05) is 18.2 Å². The van der Waals surface area contributed by atoms with Crippen molar-refractivity contribution in [3.8, 4) is 5.75 Å². The lowest BCUT2D eigenvalue weighted by atomic mass is 10.1. The van der Waals surface area contributed by atoms with E-state index in [9.17, 15) is 19.5 Å². The number of benzene rings is 2. The fourth-order valence-corrected chi connectivity index (χ4v) is 1.91. The molecule has 0 aliphatic heterocycles. The third kappa shape index (κ3) is 3.85. The fourth-order valence-electron chi connectivity index (χ4n) is 1.91. The number of carbonyl (C=O) groups is 3. The number of primary amides is 1. The van der Waals surface area contributed by atoms with E-state index < -0.39 is 17.7 Å². The van der Waals surface area contributed by atoms with Crippen LogP contribution in [0.15, 0.2) is 42.5 Å². The van der Waals surface area contributed by atoms with Gasteiger partial charge in [-0.3, -0.25) is 14.4 Å². The minimum atomic E-state index is -0.987. The van der Waals surface area contributed by atoms with Crippen LogP contribution in [0.4, 0.5) is 11.4 Å². The van der Waals surface area contributed by atoms with Crippen molar-refractivity contribution in [1.29, 1.82) is 0 Å². The predicted molar refractivity (Wildman–Crippen MR) is 85.1 cm³/mol. The number of para-hydroxylation sites is 1. The molecule has 7 heteroatoms. The zero-order chi connectivity index (χ0) is 17.0. The van der Waals surface area contributed by atoms with E-state index in [4.69, 9.17) is 5.73 Å². The van der Waals surface area contributed by atoms with Gasteiger partial charge in [0.25, 0.3) is 5.91 Å². The second-order valence-electron chi connectivity index (χ2n) is 4.84. The second kappa shape index (κ2) is 6.61. The summed E-state index contributed by atoms with van der Waals surface area (Å²) < 4.78 is 0. The van der Waals surface area contributed by atoms with Crippen LogP contribution >= 0.6 is 0 Å². The molecule has 0 bridgehead atoms. The Kier molecular flexibility index (Phi) is 4.61. The molecule has 0 unspecified atom stereocenters. The molecule has 2 rings (SSSR count). The molecular formula is C16H15N3O4. The van der Waals surface area contributed by atoms with Crippen LogP contribution in [0.2, 0.25) is 0 Å². The molecule has 0 aliphatic rings. The SMILES string of the molecule is Cc1ccc(NC(=O)C(=O)Nc2ccccc2C(N)=O)c(O)c1. The summed E-state index contributed by atoms with van der Waals surface area (Å²) in [5, 5.41) is 14.3. The summed E-state index contributed by atoms with van der Waals surface area (Å²) in [4.78, 5) is 35.1. The fraction of sp³-hybridized carbons (Fsp3) is 0.0625. The molecule has 23 heavy (non-hydrogen) atoms. The highest BCUT2D eigenvalue weighted by atomic mass is 16.3. The monoisotopic (exact) mass is 313 g/mol. The molecule has 0 fully saturated rings. The van der Waals surface area contributed by atoms with Crippen molar-refractivity contribution in [2.45, 2.75) is 6.92 Å². The second-order valence-corrected chi connectivity index (χ2v) is 4.84. The summed E-state index contributed by atoms with van der Waals surface area (Å²) >= 11 is 0. The highest BCUT2D eigenvalue weighted by molar-refractivity contribution is 6.44. The normalized spacial score (nSPS) is 9.96. The Balaban J connectivity index is 2.12. The van der Waals surface area contributed by atoms with Crippen LogP contribution in [0.3, 0.4) is 0 Å². The van der Waals surface area contributed by atoms with Crippen LogP contribution in [0.1, 0.15) is 15.9 Å². The lowest BCUT2D eigenvalue weighted by Crippen LogP contribution is -2.30. The third-order valence-electron chi connectivity index (χ3n) is 3.05. The van der Waals surface area contributed by atoms with Gasteiger partial charge in [0.2, 0.25) is 0 Å². The molecule has 0 saturated heterocycles. The standard InChI is InChI=1S/C16H15N3O4/c1-9-6-7-12(13(20)8-9)19-16(23)15(22)18-11-5-3-2-4-10(11)14(17)21/h2-8,20H,1H3,(H2,17,21)(H,18,22)(H,19,23). The number of nitrogens with one attached hydrogen (secondary N) is 2. The molecule has 2 aromatic rings. The highest BCUT2D eigenvalue weighted by Gasteiger charge is 2.18. The van der Waals surface area contributed by atoms with Crippen LogP contribution in [0, 0.1) is 6.92 Å². The first kappa shape index (κ1) is 16.0. The zero-order valence-corrected chi connectivity index (χ0v) is 12.3. The Morgan fingerprint density at radius 1 is 0.957 bits per heavy atom. The minimum Gasteiger partial charge on any atom is -0.506 e. The minimum absolute atomic E-state index is 0.0897. The Morgan fingerprint density at radius 3 is 2.17 bits per heavy atom. The number of phenols is 1. The van der Waals surface area contributed by atoms with Crippen LogP contribution in [0.5, 0.6) is 5.75 Å². The van der Waals surface area contributed by atoms with Gasteiger partial charge in [0.1, 0.15) is 5.75 Å². The largest absolute Gasteiger partial charge is 0.506 e. The van der Waals surface area contributed by atoms with Gasteiger partial charge in [0.05, 0.1) is 16.9 Å². The molecule has 0 saturated carbocycles. The molecular weight excluding hydrogens is 298 g/mol. The van der Waals surface area contributed by atoms with E-state index in [0.29, 0.717) is 0 Å². The number of phenolic OH excluding ortho intramolecular Hbond substituents is 1. The van der Waals surface area contributed by atoms with Crippen LogP contribution < -0.4 is 16.4 Å². The van der Waals surface area contributed by atoms with Gasteiger partial charge in [-0.05, 0) is 36.8 Å². The number of carbonyl (C=O) groups excluding carboxylic acids is 3. The van der Waals surface area contributed by atoms with E-state index in [0.717, 1.165) is 5.56 Å². The summed E-state index contributed by atoms with van der Waals surface area (Å²) in [6, 6.07) is 10.7. The Bertz CT molecular complexity index is 787. The summed E-state index contributed by atoms with van der Waals surface area (Å²) in [5.41, 5.74) is 6.34. The lowest BCUT2D eigenvalue weighted by molar-refractivity contribution is -0.133. The molecule has 0 atom stereocenters. The van der Waals surface area contributed by atoms with E-state index in [2.05, 4.69) is 10.6 Å². The van der Waals surface area contributed by atoms with Crippen molar-refractivity contribution in [3.05, 3.63) is 53.6 Å². The van der Waals surface area contributed by atoms with E-state index in [1.54, 1.807) is 25.1 Å². The van der Waals surface area contributed by atoms with Crippen molar-refractivity contribution in [2.75, 3.05) is 10.6 Å². The van der Waals surface area contributed by atoms with E-state index in [1.807, 2.05) is 0 Å². The van der Waals surface area contributed by atoms with Gasteiger partial charge in [-0.2, -0.15) is 0 Å². The predicted octanol–water partition coefficient (Wildman–Crippen LogP) is 1.38. The number of aromatic hydroxyl groups is 1. The molecule has 0 radical (unpaired) electrons. The summed E-state index contributed by atoms with van der Waals surface area (Å²) in [5.74, 6) is -2.84. The van der Waals surface area contributed by atoms with Crippen molar-refractivity contribution < 1.29 is 19.5 Å². The molecule has 2 aromatic carbocycles. The number of hydrogen-bond acceptors (Lipinski definition) is 4. The summed E-state index contributed by atoms with van der Waals surface area (Å²) in [7, 11) is 0. The number of rotatable bonds is 3. The average Bonchev–Trinajstić information content (AvgIpc) is 2.50. The molecule has 0 spiro atoms. The maximum absolute atomic E-state index is 11.9. The average molecular weight is 313 g/mol. The Labute approximate surface area is 132 Å². The Morgan fingerprint density at radius 2 is 1.57 bits per heavy atom. The quantitative estimate of drug-likeness (QED) is 0.505. The number of hydrogen-bond donors (Lipinski definition) is 4. The maximum Gasteiger partial charge on any atom is 0.314 e. The van der Waals surface area contributed by atoms with E-state index >= 15 is 0 Å². The first-order valence-corrected chi connectivity index (χ1v) is 6.69. The number of amides is 3. The first-order chi connectivity index (χ1) is 10.9. The van der Waals surface area contributed by atoms with Crippen molar-refractivity contribution in [2.24, 2.45) is 5.73 Å². The number of aryl methyl sites for hydroxylation is 1. The molecule has 0 heterocycles. The molecule has 7 nitrogen and oxygen atoms in total. The van der Waals surface area contributed by atoms with Crippen LogP contribution in [0.25, 0.3) is 0 Å². The van der Waals surface area contributed by atoms with Gasteiger partial charge >= 0.3 is 11.8 Å². The smallest absolute Gasteiger partial charge is 0.314 e. The molecule has 118 valence electrons. The van der Waals surface area contributed by atoms with Crippen LogP contribution in [-0.4, -0.2) is 22.8 Å². The first-order valence-electron chi connectivity index (χ1n) is 6.69. The summed E-state index contributed by atoms with van der Waals surface area (Å²) in [6.07, 6.45) is 0. The van der Waals surface area contributed by atoms with E-state index in [-0.39, 0.29) is 22.7 Å². The number of nitrogens with two attached hydrogens (primary N) is 1. The molecule has 5 N–H and O–H groups in total. The van der Waals surface area contributed by atoms with Crippen molar-refractivity contribution >= 4 is 29.1 Å². The maximum atomic E-state index is 11.9. The third-order valence-corrected chi connectivity index (χ3v) is 3.05. The van der Waals surface area contributed by atoms with Crippen molar-refractivity contribution in [3.63, 3.8) is 0 Å². The van der Waals surface area contributed by atoms with Gasteiger partial charge in [-0.15, -0.1) is 0 Å². The van der Waals surface area contributed by atoms with E-state index in [1.165, 1.54) is 24.3 Å². The van der Waals surface area contributed by atoms with Gasteiger partial charge < -0.3 is 21.5 Å². The van der Waals surface area contributed by atoms with Gasteiger partial charge in [0, 0.05) is 0 Å². The van der Waals surface area contributed by atoms with Crippen LogP contribution in [-0.2, 0) is 9.59 Å². The highest BCUT2D eigenvalue weighted by Crippen LogP contribution is 2.23. The zero-order valence-electron chi connectivity index (χ0n) is 12.3. The van der Waals surface area contributed by atoms with Crippen molar-refractivity contribution in [1.82, 2.24) is 0 Å². The molecule has 3 amide bonds. The molecule has 0 aromatic heterocycles. The Hall–Kier alpha value is -3.35. The lowest BCUT2D eigenvalue weighted by Gasteiger charge is -2.10. The topological polar surface area (TPSA) is 122 Å². The van der Waals surface area contributed by atoms with Gasteiger partial charge in [0.15, 0.2) is 0 Å². The van der Waals surface area contributed by atoms with Gasteiger partial charge in [-0.25, -0.2) is 0 Å². The number of anilines is 2. The summed E-state index contributed by atoms with van der Waals surface area (Å²) in [6.45, 7) is 1.78.